The number of benzene rings is 1. The third-order valence-corrected chi connectivity index (χ3v) is 6.00. The Morgan fingerprint density at radius 1 is 1.35 bits per heavy atom. The summed E-state index contributed by atoms with van der Waals surface area (Å²) in [6, 6.07) is 7.68. The smallest absolute Gasteiger partial charge is 0.254 e. The maximum absolute atomic E-state index is 13.0. The van der Waals surface area contributed by atoms with E-state index in [1.807, 2.05) is 36.1 Å². The van der Waals surface area contributed by atoms with Gasteiger partial charge in [-0.25, -0.2) is 4.98 Å². The highest BCUT2D eigenvalue weighted by Crippen LogP contribution is 2.38. The molecular formula is C19H21N3O3S. The van der Waals surface area contributed by atoms with Crippen LogP contribution in [-0.4, -0.2) is 40.5 Å². The minimum absolute atomic E-state index is 0.0143. The number of carbonyl (C=O) groups excluding carboxylic acids is 2. The van der Waals surface area contributed by atoms with E-state index in [4.69, 9.17) is 4.74 Å². The minimum atomic E-state index is -0.509. The molecule has 0 bridgehead atoms. The van der Waals surface area contributed by atoms with Gasteiger partial charge in [0.15, 0.2) is 5.13 Å². The molecular weight excluding hydrogens is 350 g/mol. The number of hydrogen-bond donors (Lipinski definition) is 1. The number of ether oxygens (including phenoxy) is 1. The van der Waals surface area contributed by atoms with Crippen LogP contribution in [0.3, 0.4) is 0 Å². The average Bonchev–Trinajstić information content (AvgIpc) is 3.19. The van der Waals surface area contributed by atoms with Gasteiger partial charge in [0, 0.05) is 36.4 Å². The van der Waals surface area contributed by atoms with Gasteiger partial charge in [0.25, 0.3) is 5.91 Å². The van der Waals surface area contributed by atoms with Crippen LogP contribution in [0.2, 0.25) is 0 Å². The van der Waals surface area contributed by atoms with Gasteiger partial charge in [-0.2, -0.15) is 0 Å². The molecule has 6 nitrogen and oxygen atoms in total. The Kier molecular flexibility index (Phi) is 4.50. The normalized spacial score (nSPS) is 18.7. The van der Waals surface area contributed by atoms with Gasteiger partial charge in [-0.3, -0.25) is 9.59 Å². The fourth-order valence-corrected chi connectivity index (χ4v) is 4.49. The Morgan fingerprint density at radius 3 is 2.81 bits per heavy atom. The molecule has 1 aromatic carbocycles. The molecule has 0 saturated carbocycles. The van der Waals surface area contributed by atoms with Crippen LogP contribution < -0.4 is 5.32 Å². The number of aromatic nitrogens is 1. The fourth-order valence-electron chi connectivity index (χ4n) is 3.81. The van der Waals surface area contributed by atoms with E-state index in [-0.39, 0.29) is 18.2 Å². The molecule has 2 aromatic rings. The molecule has 26 heavy (non-hydrogen) atoms. The van der Waals surface area contributed by atoms with Gasteiger partial charge in [-0.05, 0) is 31.4 Å². The van der Waals surface area contributed by atoms with E-state index >= 15 is 0 Å². The molecule has 0 atom stereocenters. The maximum Gasteiger partial charge on any atom is 0.254 e. The number of thiazole rings is 1. The van der Waals surface area contributed by atoms with Crippen molar-refractivity contribution in [2.24, 2.45) is 0 Å². The molecule has 2 aliphatic heterocycles. The molecule has 3 heterocycles. The zero-order chi connectivity index (χ0) is 18.1. The average molecular weight is 371 g/mol. The lowest BCUT2D eigenvalue weighted by Gasteiger charge is -2.44. The van der Waals surface area contributed by atoms with Gasteiger partial charge in [-0.15, -0.1) is 11.3 Å². The number of fused-ring (bicyclic) bond motifs is 1. The van der Waals surface area contributed by atoms with Crippen molar-refractivity contribution in [2.75, 3.05) is 18.5 Å². The molecule has 0 spiro atoms. The van der Waals surface area contributed by atoms with Crippen LogP contribution in [-0.2, 0) is 16.1 Å². The summed E-state index contributed by atoms with van der Waals surface area (Å²) in [5.74, 6) is -0.0922. The molecule has 0 aliphatic carbocycles. The maximum atomic E-state index is 13.0. The third kappa shape index (κ3) is 3.12. The van der Waals surface area contributed by atoms with Crippen molar-refractivity contribution in [3.63, 3.8) is 0 Å². The summed E-state index contributed by atoms with van der Waals surface area (Å²) in [6.45, 7) is 3.62. The lowest BCUT2D eigenvalue weighted by Crippen LogP contribution is -2.54. The van der Waals surface area contributed by atoms with Crippen molar-refractivity contribution in [3.8, 4) is 0 Å². The number of nitrogens with one attached hydrogen (secondary N) is 1. The summed E-state index contributed by atoms with van der Waals surface area (Å²) in [6.07, 6.45) is 3.33. The van der Waals surface area contributed by atoms with Gasteiger partial charge in [-0.1, -0.05) is 18.2 Å². The summed E-state index contributed by atoms with van der Waals surface area (Å²) in [5.41, 5.74) is 1.26. The second-order valence-electron chi connectivity index (χ2n) is 6.89. The number of rotatable bonds is 4. The summed E-state index contributed by atoms with van der Waals surface area (Å²) in [7, 11) is 0. The Morgan fingerprint density at radius 2 is 2.12 bits per heavy atom. The van der Waals surface area contributed by atoms with Crippen LogP contribution in [0.15, 0.2) is 30.5 Å². The minimum Gasteiger partial charge on any atom is -0.381 e. The van der Waals surface area contributed by atoms with E-state index in [0.717, 1.165) is 16.0 Å². The summed E-state index contributed by atoms with van der Waals surface area (Å²) in [4.78, 5) is 32.8. The number of hydrogen-bond acceptors (Lipinski definition) is 5. The first-order valence-electron chi connectivity index (χ1n) is 8.77. The Hall–Kier alpha value is -2.25. The Balaban J connectivity index is 1.56. The van der Waals surface area contributed by atoms with E-state index in [1.54, 1.807) is 6.20 Å². The molecule has 1 fully saturated rings. The highest BCUT2D eigenvalue weighted by molar-refractivity contribution is 7.15. The molecule has 4 rings (SSSR count). The summed E-state index contributed by atoms with van der Waals surface area (Å²) >= 11 is 1.45. The van der Waals surface area contributed by atoms with E-state index in [9.17, 15) is 9.59 Å². The topological polar surface area (TPSA) is 71.5 Å². The second-order valence-corrected chi connectivity index (χ2v) is 8.12. The van der Waals surface area contributed by atoms with E-state index in [0.29, 0.717) is 37.7 Å². The van der Waals surface area contributed by atoms with Crippen LogP contribution >= 0.6 is 11.3 Å². The summed E-state index contributed by atoms with van der Waals surface area (Å²) in [5, 5.41) is 3.49. The number of nitrogens with zero attached hydrogens (tertiary/aromatic N) is 2. The first-order chi connectivity index (χ1) is 12.6. The number of amides is 2. The van der Waals surface area contributed by atoms with Gasteiger partial charge in [0.1, 0.15) is 0 Å². The molecule has 1 aromatic heterocycles. The molecule has 2 amide bonds. The summed E-state index contributed by atoms with van der Waals surface area (Å²) < 4.78 is 5.52. The third-order valence-electron chi connectivity index (χ3n) is 5.17. The zero-order valence-electron chi connectivity index (χ0n) is 14.7. The first-order valence-corrected chi connectivity index (χ1v) is 9.59. The van der Waals surface area contributed by atoms with Crippen LogP contribution in [0.1, 0.15) is 40.1 Å². The first kappa shape index (κ1) is 17.2. The quantitative estimate of drug-likeness (QED) is 0.897. The van der Waals surface area contributed by atoms with Crippen molar-refractivity contribution in [2.45, 2.75) is 38.3 Å². The Bertz CT molecular complexity index is 842. The second kappa shape index (κ2) is 6.81. The molecule has 7 heteroatoms. The van der Waals surface area contributed by atoms with E-state index < -0.39 is 5.54 Å². The van der Waals surface area contributed by atoms with Gasteiger partial charge in [0.05, 0.1) is 12.0 Å². The van der Waals surface area contributed by atoms with Crippen LogP contribution in [0.4, 0.5) is 5.13 Å². The molecule has 1 N–H and O–H groups in total. The van der Waals surface area contributed by atoms with Gasteiger partial charge < -0.3 is 15.0 Å². The zero-order valence-corrected chi connectivity index (χ0v) is 15.5. The van der Waals surface area contributed by atoms with Crippen molar-refractivity contribution in [3.05, 3.63) is 46.5 Å². The van der Waals surface area contributed by atoms with Gasteiger partial charge >= 0.3 is 0 Å². The fraction of sp³-hybridized carbons (Fsp3) is 0.421. The highest BCUT2D eigenvalue weighted by atomic mass is 32.1. The lowest BCUT2D eigenvalue weighted by molar-refractivity contribution is -0.120. The number of anilines is 1. The standard InChI is InChI=1S/C19H21N3O3S/c1-13-11-20-18(26-13)21-16(23)10-19(6-8-25-9-7-19)22-12-14-4-2-3-5-15(14)17(22)24/h2-5,11H,6-10,12H2,1H3,(H,20,21,23). The van der Waals surface area contributed by atoms with Gasteiger partial charge in [0.2, 0.25) is 5.91 Å². The molecule has 0 radical (unpaired) electrons. The predicted octanol–water partition coefficient (Wildman–Crippen LogP) is 2.99. The molecule has 136 valence electrons. The predicted molar refractivity (Wildman–Crippen MR) is 99.2 cm³/mol. The molecule has 0 unspecified atom stereocenters. The lowest BCUT2D eigenvalue weighted by atomic mass is 9.84. The van der Waals surface area contributed by atoms with Crippen molar-refractivity contribution in [1.82, 2.24) is 9.88 Å². The molecule has 2 aliphatic rings. The van der Waals surface area contributed by atoms with Crippen LogP contribution in [0.5, 0.6) is 0 Å². The highest BCUT2D eigenvalue weighted by Gasteiger charge is 2.46. The largest absolute Gasteiger partial charge is 0.381 e. The SMILES string of the molecule is Cc1cnc(NC(=O)CC2(N3Cc4ccccc4C3=O)CCOCC2)s1. The van der Waals surface area contributed by atoms with E-state index in [1.165, 1.54) is 11.3 Å². The number of carbonyl (C=O) groups is 2. The van der Waals surface area contributed by atoms with Crippen LogP contribution in [0.25, 0.3) is 0 Å². The van der Waals surface area contributed by atoms with Crippen molar-refractivity contribution in [1.29, 1.82) is 0 Å². The van der Waals surface area contributed by atoms with Crippen molar-refractivity contribution < 1.29 is 14.3 Å². The number of aryl methyl sites for hydroxylation is 1. The van der Waals surface area contributed by atoms with Crippen molar-refractivity contribution >= 4 is 28.3 Å². The van der Waals surface area contributed by atoms with E-state index in [2.05, 4.69) is 10.3 Å². The van der Waals surface area contributed by atoms with Crippen LogP contribution in [0, 0.1) is 6.92 Å². The molecule has 1 saturated heterocycles. The Labute approximate surface area is 156 Å². The monoisotopic (exact) mass is 371 g/mol.